The van der Waals surface area contributed by atoms with Gasteiger partial charge in [0.1, 0.15) is 16.5 Å². The fourth-order valence-corrected chi connectivity index (χ4v) is 3.92. The molecule has 5 heteroatoms. The van der Waals surface area contributed by atoms with Crippen LogP contribution in [0.3, 0.4) is 0 Å². The lowest BCUT2D eigenvalue weighted by molar-refractivity contribution is 0.200. The molecule has 0 aromatic carbocycles. The van der Waals surface area contributed by atoms with Gasteiger partial charge in [0.2, 0.25) is 0 Å². The molecule has 0 atom stereocenters. The highest BCUT2D eigenvalue weighted by atomic mass is 32.1. The topological polar surface area (TPSA) is 47.0 Å². The van der Waals surface area contributed by atoms with Crippen molar-refractivity contribution in [3.05, 3.63) is 16.3 Å². The van der Waals surface area contributed by atoms with Crippen LogP contribution in [-0.4, -0.2) is 30.2 Å². The van der Waals surface area contributed by atoms with E-state index in [4.69, 9.17) is 9.72 Å². The second-order valence-corrected chi connectivity index (χ2v) is 5.88. The van der Waals surface area contributed by atoms with Crippen molar-refractivity contribution in [2.75, 3.05) is 25.6 Å². The number of methoxy groups -OCH3 is 1. The van der Waals surface area contributed by atoms with Crippen molar-refractivity contribution in [1.82, 2.24) is 9.97 Å². The van der Waals surface area contributed by atoms with Crippen LogP contribution in [0, 0.1) is 0 Å². The van der Waals surface area contributed by atoms with Crippen LogP contribution in [0.2, 0.25) is 0 Å². The number of nitrogens with zero attached hydrogens (tertiary/aromatic N) is 2. The van der Waals surface area contributed by atoms with E-state index in [2.05, 4.69) is 17.2 Å². The summed E-state index contributed by atoms with van der Waals surface area (Å²) in [6.45, 7) is 3.66. The predicted octanol–water partition coefficient (Wildman–Crippen LogP) is 2.80. The van der Waals surface area contributed by atoms with Gasteiger partial charge in [-0.1, -0.05) is 0 Å². The number of hydrogen-bond donors (Lipinski definition) is 1. The molecule has 0 amide bonds. The van der Waals surface area contributed by atoms with Gasteiger partial charge in [-0.25, -0.2) is 9.97 Å². The summed E-state index contributed by atoms with van der Waals surface area (Å²) in [5, 5.41) is 4.66. The maximum Gasteiger partial charge on any atom is 0.138 e. The molecule has 0 aliphatic heterocycles. The molecule has 0 bridgehead atoms. The van der Waals surface area contributed by atoms with E-state index in [0.29, 0.717) is 6.61 Å². The van der Waals surface area contributed by atoms with Gasteiger partial charge in [0.05, 0.1) is 12.0 Å². The summed E-state index contributed by atoms with van der Waals surface area (Å²) in [4.78, 5) is 12.0. The first kappa shape index (κ1) is 12.8. The van der Waals surface area contributed by atoms with Gasteiger partial charge in [0, 0.05) is 25.0 Å². The number of nitrogens with one attached hydrogen (secondary N) is 1. The minimum absolute atomic E-state index is 0.669. The third kappa shape index (κ3) is 2.32. The number of ether oxygens (including phenoxy) is 1. The summed E-state index contributed by atoms with van der Waals surface area (Å²) in [5.74, 6) is 1.89. The van der Waals surface area contributed by atoms with Crippen LogP contribution in [0.15, 0.2) is 0 Å². The Kier molecular flexibility index (Phi) is 3.66. The van der Waals surface area contributed by atoms with Gasteiger partial charge in [-0.05, 0) is 31.7 Å². The average Bonchev–Trinajstić information content (AvgIpc) is 2.96. The summed E-state index contributed by atoms with van der Waals surface area (Å²) in [7, 11) is 1.71. The Morgan fingerprint density at radius 2 is 2.21 bits per heavy atom. The molecule has 4 nitrogen and oxygen atoms in total. The molecule has 1 aliphatic carbocycles. The van der Waals surface area contributed by atoms with Crippen LogP contribution in [0.1, 0.15) is 29.6 Å². The lowest BCUT2D eigenvalue weighted by atomic mass is 10.2. The van der Waals surface area contributed by atoms with Crippen molar-refractivity contribution >= 4 is 27.4 Å². The van der Waals surface area contributed by atoms with E-state index in [1.165, 1.54) is 35.1 Å². The second kappa shape index (κ2) is 5.43. The highest BCUT2D eigenvalue weighted by Crippen LogP contribution is 2.39. The summed E-state index contributed by atoms with van der Waals surface area (Å²) in [5.41, 5.74) is 1.48. The molecule has 0 saturated carbocycles. The molecule has 0 spiro atoms. The standard InChI is InChI=1S/C14H19N3OS/c1-3-15-13-12-9-5-4-6-10(9)19-14(12)17-11(16-13)7-8-18-2/h3-8H2,1-2H3,(H,15,16,17). The zero-order chi connectivity index (χ0) is 13.2. The highest BCUT2D eigenvalue weighted by molar-refractivity contribution is 7.19. The molecule has 2 aromatic heterocycles. The molecule has 0 fully saturated rings. The number of anilines is 1. The SMILES string of the molecule is CCNc1nc(CCOC)nc2sc3c(c12)CCC3. The Morgan fingerprint density at radius 1 is 1.32 bits per heavy atom. The molecule has 102 valence electrons. The van der Waals surface area contributed by atoms with Gasteiger partial charge in [-0.3, -0.25) is 0 Å². The van der Waals surface area contributed by atoms with Crippen LogP contribution in [0.4, 0.5) is 5.82 Å². The van der Waals surface area contributed by atoms with E-state index >= 15 is 0 Å². The maximum absolute atomic E-state index is 5.12. The zero-order valence-electron chi connectivity index (χ0n) is 11.5. The van der Waals surface area contributed by atoms with Crippen molar-refractivity contribution in [3.63, 3.8) is 0 Å². The van der Waals surface area contributed by atoms with E-state index in [1.807, 2.05) is 11.3 Å². The number of thiophene rings is 1. The number of aryl methyl sites for hydroxylation is 2. The first-order chi connectivity index (χ1) is 9.33. The number of hydrogen-bond acceptors (Lipinski definition) is 5. The normalized spacial score (nSPS) is 14.0. The fourth-order valence-electron chi connectivity index (χ4n) is 2.64. The molecule has 0 unspecified atom stereocenters. The van der Waals surface area contributed by atoms with Gasteiger partial charge in [-0.2, -0.15) is 0 Å². The summed E-state index contributed by atoms with van der Waals surface area (Å²) >= 11 is 1.84. The van der Waals surface area contributed by atoms with Gasteiger partial charge in [0.15, 0.2) is 0 Å². The Hall–Kier alpha value is -1.20. The molecule has 2 aromatic rings. The predicted molar refractivity (Wildman–Crippen MR) is 79.2 cm³/mol. The lowest BCUT2D eigenvalue weighted by Crippen LogP contribution is -2.06. The van der Waals surface area contributed by atoms with Crippen LogP contribution >= 0.6 is 11.3 Å². The smallest absolute Gasteiger partial charge is 0.138 e. The average molecular weight is 277 g/mol. The van der Waals surface area contributed by atoms with Gasteiger partial charge in [-0.15, -0.1) is 11.3 Å². The maximum atomic E-state index is 5.12. The van der Waals surface area contributed by atoms with E-state index in [-0.39, 0.29) is 0 Å². The molecule has 0 saturated heterocycles. The first-order valence-corrected chi connectivity index (χ1v) is 7.69. The molecule has 3 rings (SSSR count). The van der Waals surface area contributed by atoms with Crippen LogP contribution < -0.4 is 5.32 Å². The van der Waals surface area contributed by atoms with Crippen LogP contribution in [-0.2, 0) is 24.0 Å². The van der Waals surface area contributed by atoms with Crippen LogP contribution in [0.5, 0.6) is 0 Å². The second-order valence-electron chi connectivity index (χ2n) is 4.80. The number of aromatic nitrogens is 2. The molecule has 1 N–H and O–H groups in total. The third-order valence-electron chi connectivity index (χ3n) is 3.49. The lowest BCUT2D eigenvalue weighted by Gasteiger charge is -2.08. The molecular formula is C14H19N3OS. The first-order valence-electron chi connectivity index (χ1n) is 6.87. The Labute approximate surface area is 117 Å². The molecule has 0 radical (unpaired) electrons. The monoisotopic (exact) mass is 277 g/mol. The van der Waals surface area contributed by atoms with Gasteiger partial charge >= 0.3 is 0 Å². The van der Waals surface area contributed by atoms with Crippen molar-refractivity contribution in [1.29, 1.82) is 0 Å². The van der Waals surface area contributed by atoms with Crippen molar-refractivity contribution in [2.24, 2.45) is 0 Å². The Balaban J connectivity index is 2.09. The number of fused-ring (bicyclic) bond motifs is 3. The van der Waals surface area contributed by atoms with E-state index in [9.17, 15) is 0 Å². The van der Waals surface area contributed by atoms with Crippen LogP contribution in [0.25, 0.3) is 10.2 Å². The minimum atomic E-state index is 0.669. The number of rotatable bonds is 5. The largest absolute Gasteiger partial charge is 0.384 e. The Bertz CT molecular complexity index is 594. The molecule has 19 heavy (non-hydrogen) atoms. The zero-order valence-corrected chi connectivity index (χ0v) is 12.3. The summed E-state index contributed by atoms with van der Waals surface area (Å²) in [6, 6.07) is 0. The van der Waals surface area contributed by atoms with Gasteiger partial charge < -0.3 is 10.1 Å². The van der Waals surface area contributed by atoms with Crippen molar-refractivity contribution < 1.29 is 4.74 Å². The fraction of sp³-hybridized carbons (Fsp3) is 0.571. The minimum Gasteiger partial charge on any atom is -0.384 e. The van der Waals surface area contributed by atoms with Crippen molar-refractivity contribution in [2.45, 2.75) is 32.6 Å². The summed E-state index contributed by atoms with van der Waals surface area (Å²) in [6.07, 6.45) is 4.42. The van der Waals surface area contributed by atoms with Gasteiger partial charge in [0.25, 0.3) is 0 Å². The van der Waals surface area contributed by atoms with Crippen molar-refractivity contribution in [3.8, 4) is 0 Å². The van der Waals surface area contributed by atoms with E-state index in [1.54, 1.807) is 7.11 Å². The molecular weight excluding hydrogens is 258 g/mol. The van der Waals surface area contributed by atoms with E-state index in [0.717, 1.165) is 29.4 Å². The highest BCUT2D eigenvalue weighted by Gasteiger charge is 2.21. The Morgan fingerprint density at radius 3 is 3.00 bits per heavy atom. The molecule has 2 heterocycles. The molecule has 1 aliphatic rings. The quantitative estimate of drug-likeness (QED) is 0.913. The van der Waals surface area contributed by atoms with E-state index < -0.39 is 0 Å². The third-order valence-corrected chi connectivity index (χ3v) is 4.67. The summed E-state index contributed by atoms with van der Waals surface area (Å²) < 4.78 is 5.12.